The molecule has 0 unspecified atom stereocenters. The molecule has 1 aromatic carbocycles. The van der Waals surface area contributed by atoms with Crippen LogP contribution in [0.5, 0.6) is 5.75 Å². The van der Waals surface area contributed by atoms with Crippen LogP contribution in [0.25, 0.3) is 0 Å². The van der Waals surface area contributed by atoms with Crippen LogP contribution in [0.3, 0.4) is 0 Å². The van der Waals surface area contributed by atoms with E-state index in [0.29, 0.717) is 18.9 Å². The highest BCUT2D eigenvalue weighted by atomic mass is 79.9. The number of nitrogens with one attached hydrogen (secondary N) is 1. The number of rotatable bonds is 6. The lowest BCUT2D eigenvalue weighted by Crippen LogP contribution is -2.18. The van der Waals surface area contributed by atoms with Crippen molar-refractivity contribution in [3.63, 3.8) is 0 Å². The van der Waals surface area contributed by atoms with Gasteiger partial charge in [0.25, 0.3) is 0 Å². The van der Waals surface area contributed by atoms with Crippen molar-refractivity contribution in [1.29, 1.82) is 0 Å². The van der Waals surface area contributed by atoms with Gasteiger partial charge in [0.2, 0.25) is 0 Å². The Hall–Kier alpha value is -1.27. The molecule has 0 fully saturated rings. The van der Waals surface area contributed by atoms with Gasteiger partial charge in [0.1, 0.15) is 5.75 Å². The van der Waals surface area contributed by atoms with Crippen LogP contribution < -0.4 is 10.1 Å². The fraction of sp³-hybridized carbons (Fsp3) is 0.500. The van der Waals surface area contributed by atoms with Crippen molar-refractivity contribution in [2.75, 3.05) is 19.0 Å². The minimum absolute atomic E-state index is 0.167. The zero-order valence-electron chi connectivity index (χ0n) is 12.2. The van der Waals surface area contributed by atoms with E-state index in [-0.39, 0.29) is 6.10 Å². The Bertz CT molecular complexity index is 463. The van der Waals surface area contributed by atoms with Gasteiger partial charge in [0.05, 0.1) is 23.8 Å². The minimum Gasteiger partial charge on any atom is -0.492 e. The number of ether oxygens (including phenoxy) is 3. The standard InChI is InChI=1S/C14H20BrNO4/c1-5-19-13-10(8-18-4)6-11(7-12(13)15)16-14(17)20-9(2)3/h6-7,9H,5,8H2,1-4H3,(H,16,17). The second-order valence-electron chi connectivity index (χ2n) is 4.39. The number of carbonyl (C=O) groups excluding carboxylic acids is 1. The van der Waals surface area contributed by atoms with E-state index in [2.05, 4.69) is 21.2 Å². The van der Waals surface area contributed by atoms with Gasteiger partial charge in [0.15, 0.2) is 0 Å². The first-order valence-corrected chi connectivity index (χ1v) is 7.19. The van der Waals surface area contributed by atoms with Gasteiger partial charge in [0, 0.05) is 18.4 Å². The Morgan fingerprint density at radius 1 is 1.40 bits per heavy atom. The summed E-state index contributed by atoms with van der Waals surface area (Å²) in [6.07, 6.45) is -0.654. The summed E-state index contributed by atoms with van der Waals surface area (Å²) in [7, 11) is 1.61. The first-order valence-electron chi connectivity index (χ1n) is 6.39. The molecule has 0 aliphatic rings. The lowest BCUT2D eigenvalue weighted by molar-refractivity contribution is 0.130. The van der Waals surface area contributed by atoms with Gasteiger partial charge in [-0.3, -0.25) is 5.32 Å². The zero-order chi connectivity index (χ0) is 15.1. The summed E-state index contributed by atoms with van der Waals surface area (Å²) >= 11 is 3.44. The lowest BCUT2D eigenvalue weighted by Gasteiger charge is -2.15. The Morgan fingerprint density at radius 2 is 2.10 bits per heavy atom. The molecule has 0 atom stereocenters. The number of amides is 1. The van der Waals surface area contributed by atoms with Crippen molar-refractivity contribution >= 4 is 27.7 Å². The summed E-state index contributed by atoms with van der Waals surface area (Å²) in [5.41, 5.74) is 1.47. The summed E-state index contributed by atoms with van der Waals surface area (Å²) in [6, 6.07) is 3.58. The monoisotopic (exact) mass is 345 g/mol. The smallest absolute Gasteiger partial charge is 0.411 e. The van der Waals surface area contributed by atoms with Gasteiger partial charge >= 0.3 is 6.09 Å². The van der Waals surface area contributed by atoms with Crippen molar-refractivity contribution in [2.24, 2.45) is 0 Å². The van der Waals surface area contributed by atoms with Crippen molar-refractivity contribution in [3.8, 4) is 5.75 Å². The fourth-order valence-corrected chi connectivity index (χ4v) is 2.27. The van der Waals surface area contributed by atoms with Crippen LogP contribution in [0, 0.1) is 0 Å². The second kappa shape index (κ2) is 8.11. The van der Waals surface area contributed by atoms with Crippen LogP contribution in [0.2, 0.25) is 0 Å². The molecule has 0 aromatic heterocycles. The normalized spacial score (nSPS) is 10.5. The highest BCUT2D eigenvalue weighted by Crippen LogP contribution is 2.33. The van der Waals surface area contributed by atoms with E-state index in [1.165, 1.54) is 0 Å². The van der Waals surface area contributed by atoms with Crippen LogP contribution in [-0.4, -0.2) is 25.9 Å². The maximum Gasteiger partial charge on any atom is 0.411 e. The van der Waals surface area contributed by atoms with Gasteiger partial charge in [-0.15, -0.1) is 0 Å². The van der Waals surface area contributed by atoms with E-state index in [0.717, 1.165) is 15.8 Å². The van der Waals surface area contributed by atoms with Gasteiger partial charge in [-0.2, -0.15) is 0 Å². The average Bonchev–Trinajstić information content (AvgIpc) is 2.32. The molecule has 0 heterocycles. The maximum absolute atomic E-state index is 11.6. The average molecular weight is 346 g/mol. The van der Waals surface area contributed by atoms with E-state index in [1.54, 1.807) is 33.1 Å². The Kier molecular flexibility index (Phi) is 6.81. The number of benzene rings is 1. The first-order chi connectivity index (χ1) is 9.47. The summed E-state index contributed by atoms with van der Waals surface area (Å²) in [6.45, 7) is 6.45. The number of hydrogen-bond donors (Lipinski definition) is 1. The molecular weight excluding hydrogens is 326 g/mol. The van der Waals surface area contributed by atoms with E-state index < -0.39 is 6.09 Å². The molecule has 0 radical (unpaired) electrons. The molecule has 1 rings (SSSR count). The molecule has 0 spiro atoms. The highest BCUT2D eigenvalue weighted by Gasteiger charge is 2.13. The molecule has 1 amide bonds. The highest BCUT2D eigenvalue weighted by molar-refractivity contribution is 9.10. The third-order valence-electron chi connectivity index (χ3n) is 2.30. The number of carbonyl (C=O) groups is 1. The van der Waals surface area contributed by atoms with Crippen LogP contribution in [0.15, 0.2) is 16.6 Å². The minimum atomic E-state index is -0.487. The Morgan fingerprint density at radius 3 is 2.65 bits per heavy atom. The van der Waals surface area contributed by atoms with Crippen molar-refractivity contribution in [2.45, 2.75) is 33.5 Å². The Balaban J connectivity index is 2.95. The molecule has 0 saturated heterocycles. The molecule has 0 aliphatic carbocycles. The van der Waals surface area contributed by atoms with Crippen molar-refractivity contribution < 1.29 is 19.0 Å². The first kappa shape index (κ1) is 16.8. The number of halogens is 1. The zero-order valence-corrected chi connectivity index (χ0v) is 13.7. The maximum atomic E-state index is 11.6. The van der Waals surface area contributed by atoms with Crippen LogP contribution in [0.1, 0.15) is 26.3 Å². The molecule has 0 bridgehead atoms. The molecule has 1 N–H and O–H groups in total. The molecular formula is C14H20BrNO4. The predicted octanol–water partition coefficient (Wildman–Crippen LogP) is 3.95. The van der Waals surface area contributed by atoms with E-state index in [4.69, 9.17) is 14.2 Å². The van der Waals surface area contributed by atoms with E-state index >= 15 is 0 Å². The number of anilines is 1. The van der Waals surface area contributed by atoms with Gasteiger partial charge in [-0.25, -0.2) is 4.79 Å². The van der Waals surface area contributed by atoms with E-state index in [9.17, 15) is 4.79 Å². The SMILES string of the molecule is CCOc1c(Br)cc(NC(=O)OC(C)C)cc1COC. The number of methoxy groups -OCH3 is 1. The fourth-order valence-electron chi connectivity index (χ4n) is 1.65. The van der Waals surface area contributed by atoms with Gasteiger partial charge in [-0.1, -0.05) is 0 Å². The van der Waals surface area contributed by atoms with E-state index in [1.807, 2.05) is 6.92 Å². The molecule has 6 heteroatoms. The molecule has 5 nitrogen and oxygen atoms in total. The molecule has 112 valence electrons. The second-order valence-corrected chi connectivity index (χ2v) is 5.25. The quantitative estimate of drug-likeness (QED) is 0.847. The Labute approximate surface area is 127 Å². The van der Waals surface area contributed by atoms with Crippen LogP contribution >= 0.6 is 15.9 Å². The largest absolute Gasteiger partial charge is 0.492 e. The summed E-state index contributed by atoms with van der Waals surface area (Å²) in [4.78, 5) is 11.6. The van der Waals surface area contributed by atoms with Crippen LogP contribution in [0.4, 0.5) is 10.5 Å². The lowest BCUT2D eigenvalue weighted by atomic mass is 10.2. The van der Waals surface area contributed by atoms with Gasteiger partial charge < -0.3 is 14.2 Å². The molecule has 20 heavy (non-hydrogen) atoms. The molecule has 0 aliphatic heterocycles. The molecule has 1 aromatic rings. The van der Waals surface area contributed by atoms with Crippen molar-refractivity contribution in [3.05, 3.63) is 22.2 Å². The topological polar surface area (TPSA) is 56.8 Å². The van der Waals surface area contributed by atoms with Crippen LogP contribution in [-0.2, 0) is 16.1 Å². The summed E-state index contributed by atoms with van der Waals surface area (Å²) in [5, 5.41) is 2.68. The van der Waals surface area contributed by atoms with Crippen molar-refractivity contribution in [1.82, 2.24) is 0 Å². The molecule has 0 saturated carbocycles. The summed E-state index contributed by atoms with van der Waals surface area (Å²) in [5.74, 6) is 0.720. The predicted molar refractivity (Wildman–Crippen MR) is 81.3 cm³/mol. The third kappa shape index (κ3) is 5.02. The summed E-state index contributed by atoms with van der Waals surface area (Å²) < 4.78 is 16.5. The number of hydrogen-bond acceptors (Lipinski definition) is 4. The van der Waals surface area contributed by atoms with Gasteiger partial charge in [-0.05, 0) is 48.8 Å². The third-order valence-corrected chi connectivity index (χ3v) is 2.89.